The Hall–Kier alpha value is -1.92. The van der Waals surface area contributed by atoms with Gasteiger partial charge in [-0.05, 0) is 123 Å². The zero-order chi connectivity index (χ0) is 29.4. The number of esters is 2. The van der Waals surface area contributed by atoms with Gasteiger partial charge in [-0.1, -0.05) is 25.2 Å². The van der Waals surface area contributed by atoms with Gasteiger partial charge in [0.05, 0.1) is 16.4 Å². The molecule has 0 bridgehead atoms. The molecule has 6 nitrogen and oxygen atoms in total. The monoisotopic (exact) mass is 534 g/mol. The summed E-state index contributed by atoms with van der Waals surface area (Å²) in [7, 11) is 1.62. The van der Waals surface area contributed by atoms with Crippen molar-refractivity contribution in [3.05, 3.63) is 34.9 Å². The fourth-order valence-electron chi connectivity index (χ4n) is 4.47. The van der Waals surface area contributed by atoms with E-state index in [-0.39, 0.29) is 30.8 Å². The maximum absolute atomic E-state index is 12.6. The minimum absolute atomic E-state index is 0.100. The first-order valence-electron chi connectivity index (χ1n) is 13.9. The molecule has 0 saturated heterocycles. The SMILES string of the molecule is C=C(CC/C=C(\C)COC(=O)C(C)(C)C)CC[C@]1(C)CCC(C(C)(C)OCOC)=C1COC(=O)C(C)(C)C. The minimum Gasteiger partial charge on any atom is -0.461 e. The van der Waals surface area contributed by atoms with Gasteiger partial charge in [0.1, 0.15) is 20.0 Å². The third kappa shape index (κ3) is 10.7. The quantitative estimate of drug-likeness (QED) is 0.129. The number of allylic oxidation sites excluding steroid dienone is 2. The molecule has 0 fully saturated rings. The van der Waals surface area contributed by atoms with Gasteiger partial charge in [-0.3, -0.25) is 9.59 Å². The average Bonchev–Trinajstić information content (AvgIpc) is 3.14. The van der Waals surface area contributed by atoms with Crippen LogP contribution in [0, 0.1) is 16.2 Å². The number of rotatable bonds is 14. The van der Waals surface area contributed by atoms with E-state index in [0.717, 1.165) is 44.1 Å². The van der Waals surface area contributed by atoms with Gasteiger partial charge in [0.25, 0.3) is 0 Å². The maximum atomic E-state index is 12.6. The van der Waals surface area contributed by atoms with E-state index in [9.17, 15) is 9.59 Å². The highest BCUT2D eigenvalue weighted by molar-refractivity contribution is 5.76. The average molecular weight is 535 g/mol. The van der Waals surface area contributed by atoms with Crippen molar-refractivity contribution in [3.8, 4) is 0 Å². The van der Waals surface area contributed by atoms with Crippen LogP contribution < -0.4 is 0 Å². The van der Waals surface area contributed by atoms with Crippen molar-refractivity contribution in [3.63, 3.8) is 0 Å². The summed E-state index contributed by atoms with van der Waals surface area (Å²) in [6.07, 6.45) is 7.59. The second-order valence-corrected chi connectivity index (χ2v) is 13.6. The van der Waals surface area contributed by atoms with E-state index in [1.54, 1.807) is 7.11 Å². The minimum atomic E-state index is -0.553. The van der Waals surface area contributed by atoms with E-state index >= 15 is 0 Å². The summed E-state index contributed by atoms with van der Waals surface area (Å²) in [5, 5.41) is 0. The lowest BCUT2D eigenvalue weighted by atomic mass is 9.77. The first kappa shape index (κ1) is 34.1. The molecule has 0 N–H and O–H groups in total. The van der Waals surface area contributed by atoms with E-state index in [2.05, 4.69) is 33.4 Å². The molecule has 0 heterocycles. The normalized spacial score (nSPS) is 19.1. The van der Waals surface area contributed by atoms with Gasteiger partial charge in [0.15, 0.2) is 0 Å². The number of methoxy groups -OCH3 is 1. The van der Waals surface area contributed by atoms with Crippen molar-refractivity contribution in [2.45, 2.75) is 113 Å². The van der Waals surface area contributed by atoms with Crippen LogP contribution in [0.4, 0.5) is 0 Å². The van der Waals surface area contributed by atoms with Crippen LogP contribution in [-0.4, -0.2) is 44.7 Å². The molecular formula is C32H54O6. The Kier molecular flexibility index (Phi) is 12.5. The Bertz CT molecular complexity index is 894. The third-order valence-electron chi connectivity index (χ3n) is 7.31. The predicted molar refractivity (Wildman–Crippen MR) is 154 cm³/mol. The predicted octanol–water partition coefficient (Wildman–Crippen LogP) is 7.72. The molecule has 1 aliphatic rings. The first-order valence-corrected chi connectivity index (χ1v) is 13.9. The van der Waals surface area contributed by atoms with E-state index in [4.69, 9.17) is 18.9 Å². The van der Waals surface area contributed by atoms with E-state index in [1.165, 1.54) is 16.7 Å². The van der Waals surface area contributed by atoms with Gasteiger partial charge >= 0.3 is 11.9 Å². The zero-order valence-corrected chi connectivity index (χ0v) is 26.1. The Morgan fingerprint density at radius 1 is 0.974 bits per heavy atom. The van der Waals surface area contributed by atoms with Crippen LogP contribution >= 0.6 is 0 Å². The van der Waals surface area contributed by atoms with Gasteiger partial charge in [-0.2, -0.15) is 0 Å². The molecule has 1 aliphatic carbocycles. The lowest BCUT2D eigenvalue weighted by Gasteiger charge is -2.32. The van der Waals surface area contributed by atoms with Crippen molar-refractivity contribution in [2.24, 2.45) is 16.2 Å². The Morgan fingerprint density at radius 2 is 1.55 bits per heavy atom. The van der Waals surface area contributed by atoms with Crippen LogP contribution in [0.25, 0.3) is 0 Å². The van der Waals surface area contributed by atoms with Crippen molar-refractivity contribution in [1.82, 2.24) is 0 Å². The molecule has 0 unspecified atom stereocenters. The first-order chi connectivity index (χ1) is 17.3. The Labute approximate surface area is 232 Å². The second kappa shape index (κ2) is 13.9. The molecule has 38 heavy (non-hydrogen) atoms. The van der Waals surface area contributed by atoms with E-state index in [1.807, 2.05) is 48.5 Å². The molecule has 1 atom stereocenters. The molecule has 0 saturated carbocycles. The molecule has 1 rings (SSSR count). The fourth-order valence-corrected chi connectivity index (χ4v) is 4.47. The maximum Gasteiger partial charge on any atom is 0.311 e. The molecule has 6 heteroatoms. The van der Waals surface area contributed by atoms with Crippen molar-refractivity contribution in [1.29, 1.82) is 0 Å². The summed E-state index contributed by atoms with van der Waals surface area (Å²) in [6.45, 7) is 24.7. The number of hydrogen-bond acceptors (Lipinski definition) is 6. The number of hydrogen-bond donors (Lipinski definition) is 0. The number of carbonyl (C=O) groups is 2. The Balaban J connectivity index is 2.85. The zero-order valence-electron chi connectivity index (χ0n) is 26.1. The van der Waals surface area contributed by atoms with Crippen LogP contribution in [0.2, 0.25) is 0 Å². The lowest BCUT2D eigenvalue weighted by molar-refractivity contribution is -0.152. The van der Waals surface area contributed by atoms with Crippen LogP contribution in [0.15, 0.2) is 34.9 Å². The summed E-state index contributed by atoms with van der Waals surface area (Å²) >= 11 is 0. The largest absolute Gasteiger partial charge is 0.461 e. The highest BCUT2D eigenvalue weighted by Crippen LogP contribution is 2.50. The highest BCUT2D eigenvalue weighted by Gasteiger charge is 2.42. The molecule has 0 spiro atoms. The fraction of sp³-hybridized carbons (Fsp3) is 0.750. The van der Waals surface area contributed by atoms with Gasteiger partial charge in [-0.25, -0.2) is 0 Å². The van der Waals surface area contributed by atoms with Gasteiger partial charge in [0.2, 0.25) is 0 Å². The van der Waals surface area contributed by atoms with Gasteiger partial charge in [-0.15, -0.1) is 0 Å². The summed E-state index contributed by atoms with van der Waals surface area (Å²) < 4.78 is 22.4. The van der Waals surface area contributed by atoms with Gasteiger partial charge < -0.3 is 18.9 Å². The molecule has 0 aromatic heterocycles. The topological polar surface area (TPSA) is 71.1 Å². The summed E-state index contributed by atoms with van der Waals surface area (Å²) in [4.78, 5) is 24.6. The van der Waals surface area contributed by atoms with Gasteiger partial charge in [0, 0.05) is 7.11 Å². The molecule has 0 aromatic carbocycles. The number of ether oxygens (including phenoxy) is 4. The molecule has 0 aromatic rings. The molecule has 0 aliphatic heterocycles. The summed E-state index contributed by atoms with van der Waals surface area (Å²) in [5.74, 6) is -0.388. The van der Waals surface area contributed by atoms with Crippen molar-refractivity contribution in [2.75, 3.05) is 27.1 Å². The van der Waals surface area contributed by atoms with E-state index in [0.29, 0.717) is 6.61 Å². The van der Waals surface area contributed by atoms with Crippen LogP contribution in [0.1, 0.15) is 108 Å². The highest BCUT2D eigenvalue weighted by atomic mass is 16.7. The van der Waals surface area contributed by atoms with E-state index < -0.39 is 16.4 Å². The molecule has 0 amide bonds. The third-order valence-corrected chi connectivity index (χ3v) is 7.31. The van der Waals surface area contributed by atoms with Crippen molar-refractivity contribution >= 4 is 11.9 Å². The Morgan fingerprint density at radius 3 is 2.11 bits per heavy atom. The number of carbonyl (C=O) groups excluding carboxylic acids is 2. The van der Waals surface area contributed by atoms with Crippen LogP contribution in [0.3, 0.4) is 0 Å². The lowest BCUT2D eigenvalue weighted by Crippen LogP contribution is -2.31. The smallest absolute Gasteiger partial charge is 0.311 e. The molecular weight excluding hydrogens is 480 g/mol. The summed E-state index contributed by atoms with van der Waals surface area (Å²) in [5.41, 5.74) is 2.96. The van der Waals surface area contributed by atoms with Crippen LogP contribution in [0.5, 0.6) is 0 Å². The van der Waals surface area contributed by atoms with Crippen molar-refractivity contribution < 1.29 is 28.5 Å². The molecule has 0 radical (unpaired) electrons. The summed E-state index contributed by atoms with van der Waals surface area (Å²) in [6, 6.07) is 0. The standard InChI is InChI=1S/C32H54O6/c1-23(14-13-15-24(2)20-36-27(33)29(3,4)5)16-18-32(11)19-17-25(31(9,10)38-22-35-12)26(32)21-37-28(34)30(6,7)8/h15H,1,13-14,16-22H2,2-12H3/b24-15+/t32-/m1/s1. The second-order valence-electron chi connectivity index (χ2n) is 13.6. The molecule has 218 valence electrons. The van der Waals surface area contributed by atoms with Crippen LogP contribution in [-0.2, 0) is 28.5 Å².